The zero-order valence-corrected chi connectivity index (χ0v) is 19.6. The van der Waals surface area contributed by atoms with Crippen molar-refractivity contribution in [2.24, 2.45) is 0 Å². The molecular formula is C27H51N. The van der Waals surface area contributed by atoms with Crippen LogP contribution in [0.15, 0.2) is 36.8 Å². The Bertz CT molecular complexity index is 309. The van der Waals surface area contributed by atoms with Crippen LogP contribution in [0.5, 0.6) is 0 Å². The second-order valence-corrected chi connectivity index (χ2v) is 8.21. The third kappa shape index (κ3) is 21.3. The van der Waals surface area contributed by atoms with E-state index in [1.807, 2.05) is 0 Å². The van der Waals surface area contributed by atoms with E-state index in [0.717, 1.165) is 0 Å². The normalized spacial score (nSPS) is 12.1. The molecule has 0 aliphatic heterocycles. The second kappa shape index (κ2) is 24.1. The molecule has 0 aromatic carbocycles. The first kappa shape index (κ1) is 27.0. The predicted molar refractivity (Wildman–Crippen MR) is 129 cm³/mol. The minimum absolute atomic E-state index is 1.20. The quantitative estimate of drug-likeness (QED) is 0.176. The summed E-state index contributed by atoms with van der Waals surface area (Å²) in [7, 11) is 0. The van der Waals surface area contributed by atoms with Crippen molar-refractivity contribution in [1.29, 1.82) is 0 Å². The average molecular weight is 390 g/mol. The van der Waals surface area contributed by atoms with Crippen LogP contribution in [0.1, 0.15) is 136 Å². The summed E-state index contributed by atoms with van der Waals surface area (Å²) in [6, 6.07) is 0. The molecular weight excluding hydrogens is 338 g/mol. The second-order valence-electron chi connectivity index (χ2n) is 8.21. The van der Waals surface area contributed by atoms with Crippen LogP contribution in [0.4, 0.5) is 0 Å². The van der Waals surface area contributed by atoms with E-state index in [9.17, 15) is 0 Å². The van der Waals surface area contributed by atoms with Crippen LogP contribution in [-0.4, -0.2) is 4.90 Å². The van der Waals surface area contributed by atoms with E-state index in [2.05, 4.69) is 62.5 Å². The van der Waals surface area contributed by atoms with E-state index >= 15 is 0 Å². The molecule has 0 saturated heterocycles. The number of hydrogen-bond donors (Lipinski definition) is 0. The molecule has 1 heteroatoms. The molecule has 0 heterocycles. The molecule has 0 unspecified atom stereocenters. The highest BCUT2D eigenvalue weighted by molar-refractivity contribution is 4.99. The Morgan fingerprint density at radius 1 is 0.393 bits per heavy atom. The van der Waals surface area contributed by atoms with E-state index in [0.29, 0.717) is 0 Å². The van der Waals surface area contributed by atoms with Gasteiger partial charge in [-0.25, -0.2) is 0 Å². The summed E-state index contributed by atoms with van der Waals surface area (Å²) in [4.78, 5) is 2.27. The molecule has 0 aliphatic carbocycles. The van der Waals surface area contributed by atoms with Gasteiger partial charge >= 0.3 is 0 Å². The van der Waals surface area contributed by atoms with Gasteiger partial charge in [-0.05, 0) is 38.5 Å². The predicted octanol–water partition coefficient (Wildman–Crippen LogP) is 9.91. The summed E-state index contributed by atoms with van der Waals surface area (Å²) in [6.45, 7) is 6.85. The van der Waals surface area contributed by atoms with Gasteiger partial charge in [0.05, 0.1) is 0 Å². The van der Waals surface area contributed by atoms with Gasteiger partial charge in [0.1, 0.15) is 0 Å². The van der Waals surface area contributed by atoms with E-state index < -0.39 is 0 Å². The molecule has 0 N–H and O–H groups in total. The van der Waals surface area contributed by atoms with Crippen LogP contribution in [0.3, 0.4) is 0 Å². The zero-order valence-electron chi connectivity index (χ0n) is 19.6. The van der Waals surface area contributed by atoms with E-state index in [1.165, 1.54) is 116 Å². The first-order chi connectivity index (χ1) is 13.8. The summed E-state index contributed by atoms with van der Waals surface area (Å²) in [5, 5.41) is 0. The van der Waals surface area contributed by atoms with Crippen LogP contribution >= 0.6 is 0 Å². The SMILES string of the molecule is CCCCCCCC=CN(C=CCCCCCCC)C=CCCCCCCC. The fraction of sp³-hybridized carbons (Fsp3) is 0.778. The first-order valence-electron chi connectivity index (χ1n) is 12.6. The standard InChI is InChI=1S/C27H51N/c1-4-7-10-13-16-19-22-25-28(26-23-20-17-14-11-8-5-2)27-24-21-18-15-12-9-6-3/h22-27H,4-21H2,1-3H3. The zero-order chi connectivity index (χ0) is 20.5. The summed E-state index contributed by atoms with van der Waals surface area (Å²) >= 11 is 0. The Kier molecular flexibility index (Phi) is 23.2. The highest BCUT2D eigenvalue weighted by Gasteiger charge is 1.92. The van der Waals surface area contributed by atoms with Crippen LogP contribution in [-0.2, 0) is 0 Å². The van der Waals surface area contributed by atoms with Crippen molar-refractivity contribution < 1.29 is 0 Å². The van der Waals surface area contributed by atoms with Gasteiger partial charge in [-0.15, -0.1) is 0 Å². The highest BCUT2D eigenvalue weighted by Crippen LogP contribution is 2.09. The van der Waals surface area contributed by atoms with Gasteiger partial charge in [-0.1, -0.05) is 116 Å². The maximum Gasteiger partial charge on any atom is 0.00417 e. The molecule has 0 radical (unpaired) electrons. The largest absolute Gasteiger partial charge is 0.332 e. The molecule has 0 aromatic heterocycles. The van der Waals surface area contributed by atoms with Gasteiger partial charge in [-0.3, -0.25) is 0 Å². The fourth-order valence-corrected chi connectivity index (χ4v) is 3.34. The summed E-state index contributed by atoms with van der Waals surface area (Å²) < 4.78 is 0. The smallest absolute Gasteiger partial charge is 0.00417 e. The van der Waals surface area contributed by atoms with Gasteiger partial charge < -0.3 is 4.90 Å². The lowest BCUT2D eigenvalue weighted by Gasteiger charge is -2.10. The van der Waals surface area contributed by atoms with Crippen molar-refractivity contribution in [1.82, 2.24) is 4.90 Å². The van der Waals surface area contributed by atoms with Crippen molar-refractivity contribution in [3.63, 3.8) is 0 Å². The maximum absolute atomic E-state index is 2.35. The molecule has 0 bridgehead atoms. The number of unbranched alkanes of at least 4 members (excludes halogenated alkanes) is 15. The monoisotopic (exact) mass is 389 g/mol. The molecule has 0 amide bonds. The van der Waals surface area contributed by atoms with Crippen molar-refractivity contribution in [2.75, 3.05) is 0 Å². The molecule has 0 saturated carbocycles. The number of hydrogen-bond acceptors (Lipinski definition) is 1. The number of rotatable bonds is 21. The Balaban J connectivity index is 4.17. The molecule has 0 aliphatic rings. The van der Waals surface area contributed by atoms with Crippen LogP contribution in [0.2, 0.25) is 0 Å². The third-order valence-electron chi connectivity index (χ3n) is 5.26. The van der Waals surface area contributed by atoms with Crippen molar-refractivity contribution in [3.05, 3.63) is 36.8 Å². The minimum Gasteiger partial charge on any atom is -0.332 e. The molecule has 164 valence electrons. The topological polar surface area (TPSA) is 3.24 Å². The highest BCUT2D eigenvalue weighted by atomic mass is 15.1. The number of nitrogens with zero attached hydrogens (tertiary/aromatic N) is 1. The molecule has 1 nitrogen and oxygen atoms in total. The summed E-state index contributed by atoms with van der Waals surface area (Å²) in [6.07, 6.45) is 37.9. The van der Waals surface area contributed by atoms with Crippen molar-refractivity contribution in [3.8, 4) is 0 Å². The summed E-state index contributed by atoms with van der Waals surface area (Å²) in [5.41, 5.74) is 0. The number of allylic oxidation sites excluding steroid dienone is 3. The first-order valence-corrected chi connectivity index (χ1v) is 12.6. The van der Waals surface area contributed by atoms with E-state index in [-0.39, 0.29) is 0 Å². The Morgan fingerprint density at radius 3 is 0.964 bits per heavy atom. The molecule has 28 heavy (non-hydrogen) atoms. The molecule has 0 spiro atoms. The third-order valence-corrected chi connectivity index (χ3v) is 5.26. The van der Waals surface area contributed by atoms with Crippen LogP contribution in [0, 0.1) is 0 Å². The molecule has 0 aromatic rings. The van der Waals surface area contributed by atoms with Crippen LogP contribution < -0.4 is 0 Å². The fourth-order valence-electron chi connectivity index (χ4n) is 3.34. The maximum atomic E-state index is 2.35. The van der Waals surface area contributed by atoms with Gasteiger partial charge in [0.15, 0.2) is 0 Å². The van der Waals surface area contributed by atoms with Crippen molar-refractivity contribution in [2.45, 2.75) is 136 Å². The molecule has 0 atom stereocenters. The summed E-state index contributed by atoms with van der Waals surface area (Å²) in [5.74, 6) is 0. The Labute approximate surface area is 178 Å². The Morgan fingerprint density at radius 2 is 0.679 bits per heavy atom. The lowest BCUT2D eigenvalue weighted by Crippen LogP contribution is -1.99. The van der Waals surface area contributed by atoms with Crippen molar-refractivity contribution >= 4 is 0 Å². The van der Waals surface area contributed by atoms with Gasteiger partial charge in [0.25, 0.3) is 0 Å². The Hall–Kier alpha value is -0.980. The lowest BCUT2D eigenvalue weighted by atomic mass is 10.1. The van der Waals surface area contributed by atoms with Gasteiger partial charge in [0, 0.05) is 18.6 Å². The van der Waals surface area contributed by atoms with E-state index in [1.54, 1.807) is 0 Å². The average Bonchev–Trinajstić information content (AvgIpc) is 2.71. The lowest BCUT2D eigenvalue weighted by molar-refractivity contribution is 0.620. The van der Waals surface area contributed by atoms with E-state index in [4.69, 9.17) is 0 Å². The molecule has 0 rings (SSSR count). The molecule has 0 fully saturated rings. The van der Waals surface area contributed by atoms with Gasteiger partial charge in [0.2, 0.25) is 0 Å². The van der Waals surface area contributed by atoms with Gasteiger partial charge in [-0.2, -0.15) is 0 Å². The minimum atomic E-state index is 1.20. The van der Waals surface area contributed by atoms with Crippen LogP contribution in [0.25, 0.3) is 0 Å².